The van der Waals surface area contributed by atoms with Gasteiger partial charge in [-0.1, -0.05) is 23.7 Å². The first-order chi connectivity index (χ1) is 13.1. The number of amides is 2. The van der Waals surface area contributed by atoms with E-state index in [1.165, 1.54) is 17.1 Å². The topological polar surface area (TPSA) is 102 Å². The van der Waals surface area contributed by atoms with E-state index >= 15 is 0 Å². The molecule has 0 spiro atoms. The summed E-state index contributed by atoms with van der Waals surface area (Å²) in [6.45, 7) is 2.30. The standard InChI is InChI=1S/C18H17ClN6O2/c1-2-20-18(27)15-10-13(19)5-8-16(15)22-17(26)9-12-3-6-14(7-4-12)25-11-21-23-24-25/h3-8,10-11H,2,9H2,1H3,(H,20,27)(H,22,26). The van der Waals surface area contributed by atoms with Gasteiger partial charge in [0.1, 0.15) is 6.33 Å². The number of anilines is 1. The molecule has 0 aliphatic carbocycles. The summed E-state index contributed by atoms with van der Waals surface area (Å²) >= 11 is 5.98. The highest BCUT2D eigenvalue weighted by molar-refractivity contribution is 6.31. The van der Waals surface area contributed by atoms with Crippen molar-refractivity contribution in [1.29, 1.82) is 0 Å². The number of rotatable bonds is 6. The van der Waals surface area contributed by atoms with Gasteiger partial charge in [0, 0.05) is 11.6 Å². The molecular weight excluding hydrogens is 368 g/mol. The van der Waals surface area contributed by atoms with Crippen molar-refractivity contribution >= 4 is 29.1 Å². The summed E-state index contributed by atoms with van der Waals surface area (Å²) in [5, 5.41) is 16.9. The van der Waals surface area contributed by atoms with Crippen LogP contribution in [0.2, 0.25) is 5.02 Å². The SMILES string of the molecule is CCNC(=O)c1cc(Cl)ccc1NC(=O)Cc1ccc(-n2cnnn2)cc1. The predicted octanol–water partition coefficient (Wildman–Crippen LogP) is 2.25. The normalized spacial score (nSPS) is 10.4. The number of halogens is 1. The lowest BCUT2D eigenvalue weighted by molar-refractivity contribution is -0.115. The lowest BCUT2D eigenvalue weighted by Crippen LogP contribution is -2.25. The molecule has 27 heavy (non-hydrogen) atoms. The Balaban J connectivity index is 1.70. The smallest absolute Gasteiger partial charge is 0.253 e. The van der Waals surface area contributed by atoms with Crippen LogP contribution in [0.25, 0.3) is 5.69 Å². The number of benzene rings is 2. The summed E-state index contributed by atoms with van der Waals surface area (Å²) in [5.74, 6) is -0.529. The van der Waals surface area contributed by atoms with Crippen molar-refractivity contribution in [2.75, 3.05) is 11.9 Å². The van der Waals surface area contributed by atoms with Crippen LogP contribution >= 0.6 is 11.6 Å². The highest BCUT2D eigenvalue weighted by atomic mass is 35.5. The molecule has 0 atom stereocenters. The second-order valence-corrected chi connectivity index (χ2v) is 6.13. The number of carbonyl (C=O) groups is 2. The van der Waals surface area contributed by atoms with Gasteiger partial charge in [0.2, 0.25) is 5.91 Å². The van der Waals surface area contributed by atoms with E-state index in [4.69, 9.17) is 11.6 Å². The molecule has 1 heterocycles. The molecule has 0 aliphatic rings. The van der Waals surface area contributed by atoms with Gasteiger partial charge in [-0.15, -0.1) is 5.10 Å². The fourth-order valence-corrected chi connectivity index (χ4v) is 2.67. The summed E-state index contributed by atoms with van der Waals surface area (Å²) in [6.07, 6.45) is 1.65. The van der Waals surface area contributed by atoms with Crippen LogP contribution in [-0.4, -0.2) is 38.6 Å². The molecule has 2 aromatic carbocycles. The highest BCUT2D eigenvalue weighted by Crippen LogP contribution is 2.21. The molecule has 0 unspecified atom stereocenters. The molecule has 0 aliphatic heterocycles. The van der Waals surface area contributed by atoms with Gasteiger partial charge in [-0.3, -0.25) is 9.59 Å². The molecule has 1 aromatic heterocycles. The maximum atomic E-state index is 12.4. The Morgan fingerprint density at radius 2 is 1.93 bits per heavy atom. The molecule has 2 amide bonds. The van der Waals surface area contributed by atoms with Gasteiger partial charge < -0.3 is 10.6 Å². The monoisotopic (exact) mass is 384 g/mol. The molecule has 3 rings (SSSR count). The fourth-order valence-electron chi connectivity index (χ4n) is 2.50. The number of nitrogens with one attached hydrogen (secondary N) is 2. The maximum absolute atomic E-state index is 12.4. The zero-order chi connectivity index (χ0) is 19.2. The number of aromatic nitrogens is 4. The van der Waals surface area contributed by atoms with Crippen LogP contribution in [-0.2, 0) is 11.2 Å². The minimum atomic E-state index is -0.291. The number of hydrogen-bond donors (Lipinski definition) is 2. The zero-order valence-electron chi connectivity index (χ0n) is 14.5. The van der Waals surface area contributed by atoms with Crippen molar-refractivity contribution in [3.8, 4) is 5.69 Å². The van der Waals surface area contributed by atoms with Gasteiger partial charge in [-0.2, -0.15) is 0 Å². The summed E-state index contributed by atoms with van der Waals surface area (Å²) < 4.78 is 1.52. The Bertz CT molecular complexity index is 941. The lowest BCUT2D eigenvalue weighted by Gasteiger charge is -2.11. The van der Waals surface area contributed by atoms with Crippen molar-refractivity contribution in [1.82, 2.24) is 25.5 Å². The highest BCUT2D eigenvalue weighted by Gasteiger charge is 2.14. The molecule has 3 aromatic rings. The Labute approximate surface area is 160 Å². The molecule has 0 saturated heterocycles. The first-order valence-corrected chi connectivity index (χ1v) is 8.64. The van der Waals surface area contributed by atoms with E-state index in [9.17, 15) is 9.59 Å². The molecule has 138 valence electrons. The van der Waals surface area contributed by atoms with Crippen molar-refractivity contribution in [3.63, 3.8) is 0 Å². The molecule has 9 heteroatoms. The van der Waals surface area contributed by atoms with Crippen LogP contribution in [0.3, 0.4) is 0 Å². The largest absolute Gasteiger partial charge is 0.352 e. The summed E-state index contributed by atoms with van der Waals surface area (Å²) in [4.78, 5) is 24.6. The van der Waals surface area contributed by atoms with E-state index < -0.39 is 0 Å². The third kappa shape index (κ3) is 4.68. The number of hydrogen-bond acceptors (Lipinski definition) is 5. The number of carbonyl (C=O) groups excluding carboxylic acids is 2. The first-order valence-electron chi connectivity index (χ1n) is 8.26. The second kappa shape index (κ2) is 8.41. The first kappa shape index (κ1) is 18.5. The van der Waals surface area contributed by atoms with E-state index in [0.717, 1.165) is 11.3 Å². The van der Waals surface area contributed by atoms with E-state index in [0.29, 0.717) is 22.8 Å². The molecule has 8 nitrogen and oxygen atoms in total. The summed E-state index contributed by atoms with van der Waals surface area (Å²) in [6, 6.07) is 12.1. The predicted molar refractivity (Wildman–Crippen MR) is 101 cm³/mol. The van der Waals surface area contributed by atoms with Crippen molar-refractivity contribution in [3.05, 3.63) is 64.9 Å². The van der Waals surface area contributed by atoms with E-state index in [2.05, 4.69) is 26.2 Å². The molecule has 0 fully saturated rings. The van der Waals surface area contributed by atoms with E-state index in [1.807, 2.05) is 31.2 Å². The van der Waals surface area contributed by atoms with Gasteiger partial charge in [-0.25, -0.2) is 4.68 Å². The fraction of sp³-hybridized carbons (Fsp3) is 0.167. The van der Waals surface area contributed by atoms with Gasteiger partial charge in [0.15, 0.2) is 0 Å². The minimum absolute atomic E-state index is 0.160. The van der Waals surface area contributed by atoms with Crippen molar-refractivity contribution in [2.45, 2.75) is 13.3 Å². The molecule has 0 radical (unpaired) electrons. The average Bonchev–Trinajstić information content (AvgIpc) is 3.18. The van der Waals surface area contributed by atoms with Crippen LogP contribution in [0, 0.1) is 0 Å². The minimum Gasteiger partial charge on any atom is -0.352 e. The van der Waals surface area contributed by atoms with Crippen molar-refractivity contribution < 1.29 is 9.59 Å². The van der Waals surface area contributed by atoms with Gasteiger partial charge in [-0.05, 0) is 53.2 Å². The molecule has 2 N–H and O–H groups in total. The zero-order valence-corrected chi connectivity index (χ0v) is 15.3. The van der Waals surface area contributed by atoms with E-state index in [1.54, 1.807) is 12.1 Å². The van der Waals surface area contributed by atoms with Crippen LogP contribution in [0.4, 0.5) is 5.69 Å². The Morgan fingerprint density at radius 3 is 2.59 bits per heavy atom. The third-order valence-corrected chi connectivity index (χ3v) is 3.99. The van der Waals surface area contributed by atoms with Crippen LogP contribution in [0.5, 0.6) is 0 Å². The van der Waals surface area contributed by atoms with Crippen LogP contribution < -0.4 is 10.6 Å². The summed E-state index contributed by atoms with van der Waals surface area (Å²) in [5.41, 5.74) is 2.35. The van der Waals surface area contributed by atoms with Gasteiger partial charge in [0.25, 0.3) is 5.91 Å². The lowest BCUT2D eigenvalue weighted by atomic mass is 10.1. The number of tetrazole rings is 1. The van der Waals surface area contributed by atoms with Crippen LogP contribution in [0.15, 0.2) is 48.8 Å². The Hall–Kier alpha value is -3.26. The quantitative estimate of drug-likeness (QED) is 0.678. The molecular formula is C18H17ClN6O2. The second-order valence-electron chi connectivity index (χ2n) is 5.70. The van der Waals surface area contributed by atoms with Gasteiger partial charge >= 0.3 is 0 Å². The average molecular weight is 385 g/mol. The van der Waals surface area contributed by atoms with Crippen molar-refractivity contribution in [2.24, 2.45) is 0 Å². The Kier molecular flexibility index (Phi) is 5.77. The number of nitrogens with zero attached hydrogens (tertiary/aromatic N) is 4. The summed E-state index contributed by atoms with van der Waals surface area (Å²) in [7, 11) is 0. The molecule has 0 saturated carbocycles. The van der Waals surface area contributed by atoms with Crippen LogP contribution in [0.1, 0.15) is 22.8 Å². The third-order valence-electron chi connectivity index (χ3n) is 3.75. The Morgan fingerprint density at radius 1 is 1.15 bits per heavy atom. The van der Waals surface area contributed by atoms with E-state index in [-0.39, 0.29) is 18.2 Å². The van der Waals surface area contributed by atoms with Gasteiger partial charge in [0.05, 0.1) is 23.4 Å². The molecule has 0 bridgehead atoms. The maximum Gasteiger partial charge on any atom is 0.253 e.